The summed E-state index contributed by atoms with van der Waals surface area (Å²) in [6, 6.07) is 8.28. The number of benzene rings is 1. The smallest absolute Gasteiger partial charge is 0.115 e. The van der Waals surface area contributed by atoms with Crippen molar-refractivity contribution in [3.05, 3.63) is 42.2 Å². The molecule has 0 spiro atoms. The lowest BCUT2D eigenvalue weighted by atomic mass is 10.1. The zero-order valence-electron chi connectivity index (χ0n) is 10.2. The van der Waals surface area contributed by atoms with Crippen molar-refractivity contribution in [2.75, 3.05) is 19.0 Å². The van der Waals surface area contributed by atoms with Crippen LogP contribution in [0.2, 0.25) is 0 Å². The normalized spacial score (nSPS) is 18.8. The van der Waals surface area contributed by atoms with Crippen molar-refractivity contribution in [1.82, 2.24) is 0 Å². The van der Waals surface area contributed by atoms with E-state index in [-0.39, 0.29) is 6.10 Å². The third kappa shape index (κ3) is 3.79. The van der Waals surface area contributed by atoms with Gasteiger partial charge in [0, 0.05) is 12.8 Å². The molecule has 0 bridgehead atoms. The van der Waals surface area contributed by atoms with Gasteiger partial charge in [0.1, 0.15) is 6.10 Å². The van der Waals surface area contributed by atoms with Gasteiger partial charge in [-0.1, -0.05) is 12.1 Å². The minimum Gasteiger partial charge on any atom is -0.497 e. The Kier molecular flexibility index (Phi) is 4.45. The predicted molar refractivity (Wildman–Crippen MR) is 68.9 cm³/mol. The van der Waals surface area contributed by atoms with Gasteiger partial charge < -0.3 is 14.8 Å². The van der Waals surface area contributed by atoms with Gasteiger partial charge in [-0.25, -0.2) is 0 Å². The summed E-state index contributed by atoms with van der Waals surface area (Å²) in [5.41, 5.74) is 2.31. The standard InChI is InChI=1S/C14H19NO2/c1-16-11-12-5-4-6-13(9-12)15-10-14-7-2-3-8-17-14/h3-6,8-9,14-15H,2,7,10-11H2,1H3. The Labute approximate surface area is 102 Å². The van der Waals surface area contributed by atoms with E-state index in [0.717, 1.165) is 25.1 Å². The van der Waals surface area contributed by atoms with Crippen LogP contribution in [0.3, 0.4) is 0 Å². The topological polar surface area (TPSA) is 30.5 Å². The van der Waals surface area contributed by atoms with Crippen LogP contribution < -0.4 is 5.32 Å². The highest BCUT2D eigenvalue weighted by molar-refractivity contribution is 5.45. The van der Waals surface area contributed by atoms with E-state index >= 15 is 0 Å². The van der Waals surface area contributed by atoms with Crippen LogP contribution in [-0.4, -0.2) is 19.8 Å². The largest absolute Gasteiger partial charge is 0.497 e. The van der Waals surface area contributed by atoms with Crippen LogP contribution >= 0.6 is 0 Å². The molecule has 1 aromatic carbocycles. The fraction of sp³-hybridized carbons (Fsp3) is 0.429. The second kappa shape index (κ2) is 6.30. The van der Waals surface area contributed by atoms with Crippen molar-refractivity contribution in [2.24, 2.45) is 0 Å². The molecule has 1 aliphatic rings. The molecule has 92 valence electrons. The highest BCUT2D eigenvalue weighted by Crippen LogP contribution is 2.14. The lowest BCUT2D eigenvalue weighted by molar-refractivity contribution is 0.135. The Balaban J connectivity index is 1.85. The Morgan fingerprint density at radius 2 is 2.41 bits per heavy atom. The summed E-state index contributed by atoms with van der Waals surface area (Å²) in [6.45, 7) is 1.50. The van der Waals surface area contributed by atoms with Crippen molar-refractivity contribution in [2.45, 2.75) is 25.6 Å². The summed E-state index contributed by atoms with van der Waals surface area (Å²) in [7, 11) is 1.71. The molecule has 2 rings (SSSR count). The molecule has 17 heavy (non-hydrogen) atoms. The second-order valence-electron chi connectivity index (χ2n) is 4.22. The molecule has 0 aliphatic carbocycles. The van der Waals surface area contributed by atoms with Crippen LogP contribution in [0.1, 0.15) is 18.4 Å². The van der Waals surface area contributed by atoms with Crippen LogP contribution in [0, 0.1) is 0 Å². The number of allylic oxidation sites excluding steroid dienone is 1. The van der Waals surface area contributed by atoms with Gasteiger partial charge in [-0.05, 0) is 36.6 Å². The van der Waals surface area contributed by atoms with Gasteiger partial charge in [0.15, 0.2) is 0 Å². The van der Waals surface area contributed by atoms with Crippen LogP contribution in [0.15, 0.2) is 36.6 Å². The maximum absolute atomic E-state index is 5.51. The molecule has 0 fully saturated rings. The highest BCUT2D eigenvalue weighted by Gasteiger charge is 2.10. The van der Waals surface area contributed by atoms with Gasteiger partial charge in [-0.3, -0.25) is 0 Å². The predicted octanol–water partition coefficient (Wildman–Crippen LogP) is 2.94. The number of ether oxygens (including phenoxy) is 2. The maximum atomic E-state index is 5.51. The molecule has 0 aromatic heterocycles. The average molecular weight is 233 g/mol. The van der Waals surface area contributed by atoms with Crippen LogP contribution in [-0.2, 0) is 16.1 Å². The first kappa shape index (κ1) is 12.0. The average Bonchev–Trinajstić information content (AvgIpc) is 2.39. The lowest BCUT2D eigenvalue weighted by Crippen LogP contribution is -2.22. The number of nitrogens with one attached hydrogen (secondary N) is 1. The van der Waals surface area contributed by atoms with Gasteiger partial charge in [0.05, 0.1) is 19.4 Å². The Morgan fingerprint density at radius 1 is 1.47 bits per heavy atom. The maximum Gasteiger partial charge on any atom is 0.115 e. The Hall–Kier alpha value is -1.48. The van der Waals surface area contributed by atoms with Crippen LogP contribution in [0.4, 0.5) is 5.69 Å². The molecule has 3 heteroatoms. The first-order valence-electron chi connectivity index (χ1n) is 6.00. The summed E-state index contributed by atoms with van der Waals surface area (Å²) in [4.78, 5) is 0. The first-order valence-corrected chi connectivity index (χ1v) is 6.00. The number of hydrogen-bond donors (Lipinski definition) is 1. The Bertz CT molecular complexity index is 376. The van der Waals surface area contributed by atoms with E-state index in [1.54, 1.807) is 13.4 Å². The van der Waals surface area contributed by atoms with Gasteiger partial charge in [-0.2, -0.15) is 0 Å². The highest BCUT2D eigenvalue weighted by atomic mass is 16.5. The molecule has 1 aromatic rings. The van der Waals surface area contributed by atoms with Crippen LogP contribution in [0.25, 0.3) is 0 Å². The molecular weight excluding hydrogens is 214 g/mol. The molecule has 0 radical (unpaired) electrons. The van der Waals surface area contributed by atoms with Crippen molar-refractivity contribution in [3.63, 3.8) is 0 Å². The van der Waals surface area contributed by atoms with E-state index in [9.17, 15) is 0 Å². The minimum absolute atomic E-state index is 0.283. The molecule has 1 unspecified atom stereocenters. The lowest BCUT2D eigenvalue weighted by Gasteiger charge is -2.20. The molecule has 0 amide bonds. The summed E-state index contributed by atoms with van der Waals surface area (Å²) < 4.78 is 10.6. The number of hydrogen-bond acceptors (Lipinski definition) is 3. The monoisotopic (exact) mass is 233 g/mol. The van der Waals surface area contributed by atoms with Gasteiger partial charge >= 0.3 is 0 Å². The molecule has 0 saturated carbocycles. The van der Waals surface area contributed by atoms with Gasteiger partial charge in [0.25, 0.3) is 0 Å². The SMILES string of the molecule is COCc1cccc(NCC2CCC=CO2)c1. The van der Waals surface area contributed by atoms with Crippen molar-refractivity contribution < 1.29 is 9.47 Å². The Morgan fingerprint density at radius 3 is 3.18 bits per heavy atom. The minimum atomic E-state index is 0.283. The number of anilines is 1. The number of rotatable bonds is 5. The van der Waals surface area contributed by atoms with E-state index in [1.807, 2.05) is 6.07 Å². The fourth-order valence-corrected chi connectivity index (χ4v) is 1.90. The van der Waals surface area contributed by atoms with E-state index < -0.39 is 0 Å². The molecule has 1 aliphatic heterocycles. The van der Waals surface area contributed by atoms with Gasteiger partial charge in [-0.15, -0.1) is 0 Å². The van der Waals surface area contributed by atoms with E-state index in [1.165, 1.54) is 5.56 Å². The fourth-order valence-electron chi connectivity index (χ4n) is 1.90. The molecular formula is C14H19NO2. The third-order valence-corrected chi connectivity index (χ3v) is 2.79. The van der Waals surface area contributed by atoms with Crippen molar-refractivity contribution in [1.29, 1.82) is 0 Å². The van der Waals surface area contributed by atoms with E-state index in [4.69, 9.17) is 9.47 Å². The van der Waals surface area contributed by atoms with Gasteiger partial charge in [0.2, 0.25) is 0 Å². The quantitative estimate of drug-likeness (QED) is 0.848. The summed E-state index contributed by atoms with van der Waals surface area (Å²) in [6.07, 6.45) is 6.34. The zero-order valence-corrected chi connectivity index (χ0v) is 10.2. The summed E-state index contributed by atoms with van der Waals surface area (Å²) in [5, 5.41) is 3.40. The third-order valence-electron chi connectivity index (χ3n) is 2.79. The molecule has 1 atom stereocenters. The molecule has 3 nitrogen and oxygen atoms in total. The zero-order chi connectivity index (χ0) is 11.9. The van der Waals surface area contributed by atoms with Crippen LogP contribution in [0.5, 0.6) is 0 Å². The van der Waals surface area contributed by atoms with E-state index in [0.29, 0.717) is 6.61 Å². The summed E-state index contributed by atoms with van der Waals surface area (Å²) >= 11 is 0. The first-order chi connectivity index (χ1) is 8.38. The van der Waals surface area contributed by atoms with E-state index in [2.05, 4.69) is 29.6 Å². The van der Waals surface area contributed by atoms with Crippen molar-refractivity contribution >= 4 is 5.69 Å². The number of methoxy groups -OCH3 is 1. The molecule has 0 saturated heterocycles. The van der Waals surface area contributed by atoms with Crippen molar-refractivity contribution in [3.8, 4) is 0 Å². The second-order valence-corrected chi connectivity index (χ2v) is 4.22. The molecule has 1 N–H and O–H groups in total. The molecule has 1 heterocycles. The summed E-state index contributed by atoms with van der Waals surface area (Å²) in [5.74, 6) is 0.